The summed E-state index contributed by atoms with van der Waals surface area (Å²) in [5.74, 6) is 0.116. The minimum absolute atomic E-state index is 0.403. The van der Waals surface area contributed by atoms with Crippen molar-refractivity contribution in [2.24, 2.45) is 5.92 Å². The zero-order valence-corrected chi connectivity index (χ0v) is 12.4. The molecule has 2 heterocycles. The van der Waals surface area contributed by atoms with Gasteiger partial charge in [-0.1, -0.05) is 23.7 Å². The fraction of sp³-hybridized carbons (Fsp3) is 0.176. The number of nitrogens with one attached hydrogen (secondary N) is 1. The number of allylic oxidation sites excluding steroid dienone is 1. The van der Waals surface area contributed by atoms with Gasteiger partial charge in [0.1, 0.15) is 0 Å². The maximum atomic E-state index is 13.7. The Labute approximate surface area is 131 Å². The Morgan fingerprint density at radius 2 is 2.18 bits per heavy atom. The number of hydrogen-bond donors (Lipinski definition) is 1. The van der Waals surface area contributed by atoms with E-state index in [2.05, 4.69) is 21.3 Å². The third kappa shape index (κ3) is 2.40. The van der Waals surface area contributed by atoms with Crippen LogP contribution in [0.1, 0.15) is 24.0 Å². The van der Waals surface area contributed by atoms with E-state index in [9.17, 15) is 4.39 Å². The number of halogens is 2. The molecule has 1 N–H and O–H groups in total. The zero-order chi connectivity index (χ0) is 15.1. The summed E-state index contributed by atoms with van der Waals surface area (Å²) in [7, 11) is 0. The number of nitrogens with zero attached hydrogens (tertiary/aromatic N) is 2. The van der Waals surface area contributed by atoms with Gasteiger partial charge in [0.2, 0.25) is 5.95 Å². The van der Waals surface area contributed by atoms with Gasteiger partial charge < -0.3 is 0 Å². The molecule has 1 saturated carbocycles. The van der Waals surface area contributed by atoms with Crippen molar-refractivity contribution in [2.45, 2.75) is 12.8 Å². The van der Waals surface area contributed by atoms with Crippen LogP contribution in [0.4, 0.5) is 4.39 Å². The van der Waals surface area contributed by atoms with Crippen LogP contribution in [0, 0.1) is 11.9 Å². The number of H-pyrrole nitrogens is 1. The third-order valence-corrected chi connectivity index (χ3v) is 4.26. The minimum Gasteiger partial charge on any atom is -0.263 e. The summed E-state index contributed by atoms with van der Waals surface area (Å²) in [6.07, 6.45) is 7.81. The van der Waals surface area contributed by atoms with Gasteiger partial charge in [0.25, 0.3) is 0 Å². The van der Waals surface area contributed by atoms with Gasteiger partial charge in [0.05, 0.1) is 15.9 Å². The molecule has 22 heavy (non-hydrogen) atoms. The maximum absolute atomic E-state index is 13.7. The molecule has 0 saturated heterocycles. The van der Waals surface area contributed by atoms with E-state index in [0.717, 1.165) is 24.0 Å². The number of pyridine rings is 1. The Morgan fingerprint density at radius 3 is 2.95 bits per heavy atom. The molecule has 0 aliphatic heterocycles. The maximum Gasteiger partial charge on any atom is 0.216 e. The molecular formula is C17H13ClFN3. The van der Waals surface area contributed by atoms with Crippen molar-refractivity contribution in [1.29, 1.82) is 0 Å². The molecule has 0 bridgehead atoms. The average molecular weight is 314 g/mol. The van der Waals surface area contributed by atoms with E-state index in [1.807, 2.05) is 24.3 Å². The number of rotatable bonds is 3. The van der Waals surface area contributed by atoms with E-state index in [-0.39, 0.29) is 0 Å². The van der Waals surface area contributed by atoms with Gasteiger partial charge in [-0.05, 0) is 53.7 Å². The Bertz CT molecular complexity index is 880. The Hall–Kier alpha value is -2.20. The summed E-state index contributed by atoms with van der Waals surface area (Å²) in [5.41, 5.74) is 3.77. The average Bonchev–Trinajstić information content (AvgIpc) is 3.31. The van der Waals surface area contributed by atoms with Crippen LogP contribution in [0.5, 0.6) is 0 Å². The minimum atomic E-state index is -0.403. The molecule has 4 rings (SSSR count). The number of benzene rings is 1. The Kier molecular flexibility index (Phi) is 3.19. The van der Waals surface area contributed by atoms with Crippen LogP contribution >= 0.6 is 11.6 Å². The molecule has 1 fully saturated rings. The van der Waals surface area contributed by atoms with Crippen molar-refractivity contribution in [1.82, 2.24) is 15.2 Å². The van der Waals surface area contributed by atoms with Gasteiger partial charge >= 0.3 is 0 Å². The molecule has 1 aliphatic carbocycles. The second-order valence-electron chi connectivity index (χ2n) is 5.54. The molecule has 3 aromatic rings. The molecular weight excluding hydrogens is 301 g/mol. The first-order chi connectivity index (χ1) is 10.7. The fourth-order valence-corrected chi connectivity index (χ4v) is 2.91. The lowest BCUT2D eigenvalue weighted by Crippen LogP contribution is -1.90. The first-order valence-electron chi connectivity index (χ1n) is 7.17. The van der Waals surface area contributed by atoms with Crippen LogP contribution in [0.15, 0.2) is 36.7 Å². The summed E-state index contributed by atoms with van der Waals surface area (Å²) in [5, 5.41) is 7.43. The Balaban J connectivity index is 1.83. The highest BCUT2D eigenvalue weighted by molar-refractivity contribution is 6.32. The predicted molar refractivity (Wildman–Crippen MR) is 85.9 cm³/mol. The van der Waals surface area contributed by atoms with Gasteiger partial charge in [0, 0.05) is 12.4 Å². The lowest BCUT2D eigenvalue weighted by atomic mass is 9.99. The molecule has 0 spiro atoms. The number of aromatic amines is 1. The number of aromatic nitrogens is 3. The molecule has 3 nitrogen and oxygen atoms in total. The van der Waals surface area contributed by atoms with E-state index in [1.54, 1.807) is 12.4 Å². The summed E-state index contributed by atoms with van der Waals surface area (Å²) < 4.78 is 13.7. The van der Waals surface area contributed by atoms with E-state index in [0.29, 0.717) is 21.8 Å². The largest absolute Gasteiger partial charge is 0.263 e. The van der Waals surface area contributed by atoms with Crippen molar-refractivity contribution in [2.75, 3.05) is 0 Å². The third-order valence-electron chi connectivity index (χ3n) is 3.95. The van der Waals surface area contributed by atoms with E-state index < -0.39 is 5.95 Å². The summed E-state index contributed by atoms with van der Waals surface area (Å²) in [4.78, 5) is 4.04. The van der Waals surface area contributed by atoms with Gasteiger partial charge in [-0.15, -0.1) is 0 Å². The second kappa shape index (κ2) is 5.21. The van der Waals surface area contributed by atoms with Crippen LogP contribution in [0.25, 0.3) is 22.6 Å². The van der Waals surface area contributed by atoms with Crippen molar-refractivity contribution in [3.8, 4) is 0 Å². The van der Waals surface area contributed by atoms with Crippen molar-refractivity contribution in [3.05, 3.63) is 58.8 Å². The summed E-state index contributed by atoms with van der Waals surface area (Å²) >= 11 is 6.28. The van der Waals surface area contributed by atoms with Crippen molar-refractivity contribution < 1.29 is 4.39 Å². The van der Waals surface area contributed by atoms with Gasteiger partial charge in [0.15, 0.2) is 0 Å². The number of fused-ring (bicyclic) bond motifs is 1. The number of hydrogen-bond acceptors (Lipinski definition) is 2. The molecule has 2 aromatic heterocycles. The van der Waals surface area contributed by atoms with Crippen molar-refractivity contribution in [3.63, 3.8) is 0 Å². The quantitative estimate of drug-likeness (QED) is 0.761. The molecule has 110 valence electrons. The molecule has 1 aliphatic rings. The van der Waals surface area contributed by atoms with E-state index >= 15 is 0 Å². The highest BCUT2D eigenvalue weighted by atomic mass is 35.5. The first kappa shape index (κ1) is 13.5. The lowest BCUT2D eigenvalue weighted by Gasteiger charge is -2.08. The highest BCUT2D eigenvalue weighted by Gasteiger charge is 2.28. The van der Waals surface area contributed by atoms with Crippen LogP contribution < -0.4 is 0 Å². The van der Waals surface area contributed by atoms with Crippen LogP contribution in [-0.2, 0) is 0 Å². The van der Waals surface area contributed by atoms with E-state index in [1.165, 1.54) is 5.57 Å². The second-order valence-corrected chi connectivity index (χ2v) is 5.95. The van der Waals surface area contributed by atoms with Crippen LogP contribution in [-0.4, -0.2) is 15.2 Å². The first-order valence-corrected chi connectivity index (χ1v) is 7.55. The van der Waals surface area contributed by atoms with Crippen molar-refractivity contribution >= 4 is 34.2 Å². The van der Waals surface area contributed by atoms with Gasteiger partial charge in [-0.2, -0.15) is 9.49 Å². The van der Waals surface area contributed by atoms with Gasteiger partial charge in [-0.25, -0.2) is 0 Å². The lowest BCUT2D eigenvalue weighted by molar-refractivity contribution is 0.588. The Morgan fingerprint density at radius 1 is 1.32 bits per heavy atom. The van der Waals surface area contributed by atoms with Crippen LogP contribution in [0.2, 0.25) is 5.02 Å². The topological polar surface area (TPSA) is 41.6 Å². The fourth-order valence-electron chi connectivity index (χ4n) is 2.68. The predicted octanol–water partition coefficient (Wildman–Crippen LogP) is 4.70. The molecule has 0 amide bonds. The molecule has 0 atom stereocenters. The molecule has 0 unspecified atom stereocenters. The zero-order valence-electron chi connectivity index (χ0n) is 11.7. The molecule has 1 aromatic carbocycles. The standard InChI is InChI=1S/C17H13ClFN3/c18-15-9-20-6-5-12(15)13(11-2-3-11)7-10-1-4-16-14(8-10)17(19)22-21-16/h1,4-9,11H,2-3H2,(H,21,22)/b13-7+. The SMILES string of the molecule is Fc1[nH]nc2ccc(/C=C(/c3ccncc3Cl)C3CC3)cc12. The highest BCUT2D eigenvalue weighted by Crippen LogP contribution is 2.44. The van der Waals surface area contributed by atoms with E-state index in [4.69, 9.17) is 11.6 Å². The monoisotopic (exact) mass is 313 g/mol. The summed E-state index contributed by atoms with van der Waals surface area (Å²) in [6, 6.07) is 7.51. The smallest absolute Gasteiger partial charge is 0.216 e. The normalized spacial score (nSPS) is 15.5. The molecule has 0 radical (unpaired) electrons. The van der Waals surface area contributed by atoms with Crippen LogP contribution in [0.3, 0.4) is 0 Å². The van der Waals surface area contributed by atoms with Gasteiger partial charge in [-0.3, -0.25) is 10.1 Å². The molecule has 5 heteroatoms. The summed E-state index contributed by atoms with van der Waals surface area (Å²) in [6.45, 7) is 0.